The summed E-state index contributed by atoms with van der Waals surface area (Å²) in [6.07, 6.45) is 0. The SMILES string of the molecule is COc1cccc(NC2=C(C#N)C(=O)N[C@H](c3ccc([N+](=O)[O-])cc3)S2)c1. The Balaban J connectivity index is 1.88. The highest BCUT2D eigenvalue weighted by atomic mass is 32.2. The van der Waals surface area contributed by atoms with Crippen molar-refractivity contribution in [2.45, 2.75) is 5.37 Å². The predicted octanol–water partition coefficient (Wildman–Crippen LogP) is 3.31. The molecule has 1 amide bonds. The molecule has 1 aliphatic heterocycles. The van der Waals surface area contributed by atoms with E-state index in [1.54, 1.807) is 43.5 Å². The van der Waals surface area contributed by atoms with Gasteiger partial charge in [0.2, 0.25) is 0 Å². The molecule has 136 valence electrons. The van der Waals surface area contributed by atoms with Gasteiger partial charge < -0.3 is 15.4 Å². The number of carbonyl (C=O) groups excluding carboxylic acids is 1. The average molecular weight is 382 g/mol. The molecule has 3 rings (SSSR count). The molecule has 1 atom stereocenters. The van der Waals surface area contributed by atoms with Crippen LogP contribution in [0.5, 0.6) is 5.75 Å². The molecule has 1 aliphatic rings. The molecule has 2 aromatic rings. The van der Waals surface area contributed by atoms with E-state index in [0.717, 1.165) is 0 Å². The minimum Gasteiger partial charge on any atom is -0.497 e. The Morgan fingerprint density at radius 1 is 1.30 bits per heavy atom. The molecule has 9 heteroatoms. The Labute approximate surface area is 159 Å². The van der Waals surface area contributed by atoms with Crippen LogP contribution >= 0.6 is 11.8 Å². The van der Waals surface area contributed by atoms with E-state index in [9.17, 15) is 20.2 Å². The summed E-state index contributed by atoms with van der Waals surface area (Å²) in [5.41, 5.74) is 1.29. The molecular weight excluding hydrogens is 368 g/mol. The lowest BCUT2D eigenvalue weighted by Crippen LogP contribution is -2.33. The molecule has 1 heterocycles. The van der Waals surface area contributed by atoms with E-state index in [0.29, 0.717) is 22.0 Å². The lowest BCUT2D eigenvalue weighted by Gasteiger charge is -2.26. The Morgan fingerprint density at radius 2 is 2.04 bits per heavy atom. The summed E-state index contributed by atoms with van der Waals surface area (Å²) in [6.45, 7) is 0. The van der Waals surface area contributed by atoms with Gasteiger partial charge in [-0.3, -0.25) is 14.9 Å². The molecule has 0 radical (unpaired) electrons. The number of nitrogens with one attached hydrogen (secondary N) is 2. The number of amides is 1. The van der Waals surface area contributed by atoms with E-state index in [1.807, 2.05) is 6.07 Å². The molecule has 0 bridgehead atoms. The Hall–Kier alpha value is -3.51. The summed E-state index contributed by atoms with van der Waals surface area (Å²) < 4.78 is 5.18. The largest absolute Gasteiger partial charge is 0.497 e. The van der Waals surface area contributed by atoms with Gasteiger partial charge in [0.05, 0.1) is 17.1 Å². The van der Waals surface area contributed by atoms with Crippen LogP contribution in [0.1, 0.15) is 10.9 Å². The first-order valence-corrected chi connectivity index (χ1v) is 8.67. The van der Waals surface area contributed by atoms with E-state index in [4.69, 9.17) is 4.74 Å². The molecule has 27 heavy (non-hydrogen) atoms. The number of nitro groups is 1. The fourth-order valence-corrected chi connectivity index (χ4v) is 3.58. The van der Waals surface area contributed by atoms with Gasteiger partial charge in [0.1, 0.15) is 22.8 Å². The molecular formula is C18H14N4O4S. The van der Waals surface area contributed by atoms with Crippen molar-refractivity contribution >= 4 is 29.0 Å². The van der Waals surface area contributed by atoms with Crippen LogP contribution in [-0.2, 0) is 4.79 Å². The van der Waals surface area contributed by atoms with Gasteiger partial charge >= 0.3 is 0 Å². The van der Waals surface area contributed by atoms with Crippen molar-refractivity contribution in [1.29, 1.82) is 5.26 Å². The number of ether oxygens (including phenoxy) is 1. The predicted molar refractivity (Wildman–Crippen MR) is 101 cm³/mol. The maximum Gasteiger partial charge on any atom is 0.269 e. The minimum atomic E-state index is -0.509. The second-order valence-electron chi connectivity index (χ2n) is 5.49. The second kappa shape index (κ2) is 7.80. The summed E-state index contributed by atoms with van der Waals surface area (Å²) in [7, 11) is 1.55. The number of hydrogen-bond donors (Lipinski definition) is 2. The summed E-state index contributed by atoms with van der Waals surface area (Å²) in [4.78, 5) is 22.6. The summed E-state index contributed by atoms with van der Waals surface area (Å²) in [5, 5.41) is 25.9. The number of methoxy groups -OCH3 is 1. The van der Waals surface area contributed by atoms with Crippen molar-refractivity contribution < 1.29 is 14.5 Å². The van der Waals surface area contributed by atoms with Crippen molar-refractivity contribution in [3.05, 3.63) is 74.8 Å². The summed E-state index contributed by atoms with van der Waals surface area (Å²) in [5.74, 6) is 0.126. The third-order valence-electron chi connectivity index (χ3n) is 3.80. The van der Waals surface area contributed by atoms with Crippen LogP contribution in [0.4, 0.5) is 11.4 Å². The highest BCUT2D eigenvalue weighted by molar-refractivity contribution is 8.03. The number of nitro benzene ring substituents is 1. The number of thioether (sulfide) groups is 1. The standard InChI is InChI=1S/C18H14N4O4S/c1-26-14-4-2-3-12(9-14)20-18-15(10-19)16(23)21-17(27-18)11-5-7-13(8-6-11)22(24)25/h2-9,17,20H,1H3,(H,21,23)/t17-/m0/s1. The van der Waals surface area contributed by atoms with E-state index in [-0.39, 0.29) is 11.3 Å². The number of nitriles is 1. The van der Waals surface area contributed by atoms with Crippen LogP contribution in [-0.4, -0.2) is 17.9 Å². The average Bonchev–Trinajstić information content (AvgIpc) is 2.68. The number of non-ortho nitro benzene ring substituents is 1. The molecule has 0 unspecified atom stereocenters. The monoisotopic (exact) mass is 382 g/mol. The quantitative estimate of drug-likeness (QED) is 0.602. The lowest BCUT2D eigenvalue weighted by atomic mass is 10.2. The normalized spacial score (nSPS) is 16.3. The third kappa shape index (κ3) is 4.02. The molecule has 2 aromatic carbocycles. The highest BCUT2D eigenvalue weighted by Gasteiger charge is 2.29. The number of anilines is 1. The van der Waals surface area contributed by atoms with Crippen molar-refractivity contribution in [2.24, 2.45) is 0 Å². The van der Waals surface area contributed by atoms with Gasteiger partial charge in [-0.25, -0.2) is 0 Å². The molecule has 0 fully saturated rings. The van der Waals surface area contributed by atoms with Gasteiger partial charge in [0.15, 0.2) is 0 Å². The molecule has 0 spiro atoms. The number of nitrogens with zero attached hydrogens (tertiary/aromatic N) is 2. The maximum atomic E-state index is 12.3. The molecule has 0 aliphatic carbocycles. The van der Waals surface area contributed by atoms with Crippen LogP contribution in [0.3, 0.4) is 0 Å². The zero-order valence-corrected chi connectivity index (χ0v) is 14.9. The molecule has 0 saturated carbocycles. The topological polar surface area (TPSA) is 117 Å². The summed E-state index contributed by atoms with van der Waals surface area (Å²) >= 11 is 1.25. The molecule has 0 aromatic heterocycles. The third-order valence-corrected chi connectivity index (χ3v) is 4.97. The fraction of sp³-hybridized carbons (Fsp3) is 0.111. The maximum absolute atomic E-state index is 12.3. The van der Waals surface area contributed by atoms with Gasteiger partial charge in [-0.2, -0.15) is 5.26 Å². The van der Waals surface area contributed by atoms with Gasteiger partial charge in [-0.05, 0) is 29.8 Å². The zero-order valence-electron chi connectivity index (χ0n) is 14.1. The molecule has 2 N–H and O–H groups in total. The Kier molecular flexibility index (Phi) is 5.28. The van der Waals surface area contributed by atoms with E-state index >= 15 is 0 Å². The first kappa shape index (κ1) is 18.3. The Morgan fingerprint density at radius 3 is 2.67 bits per heavy atom. The van der Waals surface area contributed by atoms with Crippen LogP contribution in [0.15, 0.2) is 59.1 Å². The van der Waals surface area contributed by atoms with Crippen LogP contribution in [0.2, 0.25) is 0 Å². The van der Waals surface area contributed by atoms with Gasteiger partial charge in [0.25, 0.3) is 11.6 Å². The van der Waals surface area contributed by atoms with Crippen LogP contribution < -0.4 is 15.4 Å². The number of rotatable bonds is 5. The van der Waals surface area contributed by atoms with Crippen molar-refractivity contribution in [3.63, 3.8) is 0 Å². The van der Waals surface area contributed by atoms with Crippen molar-refractivity contribution in [1.82, 2.24) is 5.32 Å². The second-order valence-corrected chi connectivity index (χ2v) is 6.61. The van der Waals surface area contributed by atoms with Gasteiger partial charge in [0, 0.05) is 23.9 Å². The first-order chi connectivity index (χ1) is 13.0. The first-order valence-electron chi connectivity index (χ1n) is 7.79. The van der Waals surface area contributed by atoms with Gasteiger partial charge in [-0.15, -0.1) is 0 Å². The number of carbonyl (C=O) groups is 1. The Bertz CT molecular complexity index is 966. The van der Waals surface area contributed by atoms with E-state index in [2.05, 4.69) is 10.6 Å². The lowest BCUT2D eigenvalue weighted by molar-refractivity contribution is -0.384. The fourth-order valence-electron chi connectivity index (χ4n) is 2.45. The summed E-state index contributed by atoms with van der Waals surface area (Å²) in [6, 6.07) is 14.9. The van der Waals surface area contributed by atoms with Gasteiger partial charge in [-0.1, -0.05) is 17.8 Å². The van der Waals surface area contributed by atoms with E-state index in [1.165, 1.54) is 23.9 Å². The minimum absolute atomic E-state index is 0.0269. The molecule has 0 saturated heterocycles. The highest BCUT2D eigenvalue weighted by Crippen LogP contribution is 2.38. The van der Waals surface area contributed by atoms with Crippen LogP contribution in [0, 0.1) is 21.4 Å². The van der Waals surface area contributed by atoms with E-state index < -0.39 is 16.2 Å². The zero-order chi connectivity index (χ0) is 19.4. The number of hydrogen-bond acceptors (Lipinski definition) is 7. The van der Waals surface area contributed by atoms with Crippen LogP contribution in [0.25, 0.3) is 0 Å². The smallest absolute Gasteiger partial charge is 0.269 e. The molecule has 8 nitrogen and oxygen atoms in total. The van der Waals surface area contributed by atoms with Crippen molar-refractivity contribution in [3.8, 4) is 11.8 Å². The number of benzene rings is 2. The van der Waals surface area contributed by atoms with Crippen molar-refractivity contribution in [2.75, 3.05) is 12.4 Å².